The fourth-order valence-corrected chi connectivity index (χ4v) is 2.72. The van der Waals surface area contributed by atoms with Crippen molar-refractivity contribution < 1.29 is 14.3 Å². The van der Waals surface area contributed by atoms with E-state index in [1.54, 1.807) is 4.90 Å². The summed E-state index contributed by atoms with van der Waals surface area (Å²) in [4.78, 5) is 14.3. The minimum Gasteiger partial charge on any atom is -0.490 e. The summed E-state index contributed by atoms with van der Waals surface area (Å²) in [5.74, 6) is 1.27. The van der Waals surface area contributed by atoms with Gasteiger partial charge in [-0.3, -0.25) is 4.79 Å². The topological polar surface area (TPSA) is 38.8 Å². The molecular formula is C19H21NO3. The molecule has 0 aliphatic carbocycles. The second-order valence-corrected chi connectivity index (χ2v) is 5.51. The minimum absolute atomic E-state index is 0.0147. The van der Waals surface area contributed by atoms with E-state index in [2.05, 4.69) is 13.0 Å². The largest absolute Gasteiger partial charge is 0.490 e. The Kier molecular flexibility index (Phi) is 4.81. The van der Waals surface area contributed by atoms with Crippen molar-refractivity contribution in [3.63, 3.8) is 0 Å². The molecule has 120 valence electrons. The van der Waals surface area contributed by atoms with Crippen LogP contribution in [0.5, 0.6) is 11.5 Å². The third-order valence-electron chi connectivity index (χ3n) is 3.85. The first-order valence-electron chi connectivity index (χ1n) is 8.02. The Bertz CT molecular complexity index is 684. The van der Waals surface area contributed by atoms with E-state index in [0.717, 1.165) is 25.1 Å². The molecule has 4 heteroatoms. The number of para-hydroxylation sites is 3. The lowest BCUT2D eigenvalue weighted by molar-refractivity contribution is -0.120. The summed E-state index contributed by atoms with van der Waals surface area (Å²) in [5.41, 5.74) is 2.21. The predicted octanol–water partition coefficient (Wildman–Crippen LogP) is 3.44. The lowest BCUT2D eigenvalue weighted by Crippen LogP contribution is -2.33. The average Bonchev–Trinajstić information content (AvgIpc) is 3.02. The predicted molar refractivity (Wildman–Crippen MR) is 90.2 cm³/mol. The maximum absolute atomic E-state index is 12.5. The van der Waals surface area contributed by atoms with Crippen LogP contribution in [0.15, 0.2) is 48.5 Å². The Balaban J connectivity index is 1.64. The molecule has 1 aliphatic rings. The molecule has 1 amide bonds. The first-order chi connectivity index (χ1) is 11.3. The SMILES string of the molecule is CCCOc1ccccc1OCC(=O)N1CCc2ccccc21. The van der Waals surface area contributed by atoms with Gasteiger partial charge < -0.3 is 14.4 Å². The molecule has 0 saturated carbocycles. The van der Waals surface area contributed by atoms with E-state index in [9.17, 15) is 4.79 Å². The van der Waals surface area contributed by atoms with Crippen LogP contribution in [0.4, 0.5) is 5.69 Å². The first kappa shape index (κ1) is 15.4. The average molecular weight is 311 g/mol. The molecule has 0 atom stereocenters. The van der Waals surface area contributed by atoms with Crippen molar-refractivity contribution in [2.45, 2.75) is 19.8 Å². The van der Waals surface area contributed by atoms with Gasteiger partial charge in [0.1, 0.15) is 0 Å². The second-order valence-electron chi connectivity index (χ2n) is 5.51. The van der Waals surface area contributed by atoms with Crippen molar-refractivity contribution >= 4 is 11.6 Å². The number of hydrogen-bond acceptors (Lipinski definition) is 3. The van der Waals surface area contributed by atoms with E-state index >= 15 is 0 Å². The van der Waals surface area contributed by atoms with Crippen molar-refractivity contribution in [2.75, 3.05) is 24.7 Å². The molecule has 0 aromatic heterocycles. The molecule has 3 rings (SSSR count). The smallest absolute Gasteiger partial charge is 0.264 e. The van der Waals surface area contributed by atoms with Crippen LogP contribution in [-0.2, 0) is 11.2 Å². The van der Waals surface area contributed by atoms with Crippen molar-refractivity contribution in [3.05, 3.63) is 54.1 Å². The van der Waals surface area contributed by atoms with Gasteiger partial charge in [-0.1, -0.05) is 37.3 Å². The molecule has 23 heavy (non-hydrogen) atoms. The number of carbonyl (C=O) groups excluding carboxylic acids is 1. The van der Waals surface area contributed by atoms with Crippen molar-refractivity contribution in [3.8, 4) is 11.5 Å². The number of amides is 1. The maximum atomic E-state index is 12.5. The number of nitrogens with zero attached hydrogens (tertiary/aromatic N) is 1. The van der Waals surface area contributed by atoms with Crippen molar-refractivity contribution in [1.82, 2.24) is 0 Å². The summed E-state index contributed by atoms with van der Waals surface area (Å²) in [6, 6.07) is 15.5. The highest BCUT2D eigenvalue weighted by atomic mass is 16.5. The Hall–Kier alpha value is -2.49. The summed E-state index contributed by atoms with van der Waals surface area (Å²) in [6.07, 6.45) is 1.83. The van der Waals surface area contributed by atoms with Crippen LogP contribution >= 0.6 is 0 Å². The highest BCUT2D eigenvalue weighted by Crippen LogP contribution is 2.29. The highest BCUT2D eigenvalue weighted by Gasteiger charge is 2.24. The number of carbonyl (C=O) groups is 1. The van der Waals surface area contributed by atoms with E-state index in [1.807, 2.05) is 42.5 Å². The highest BCUT2D eigenvalue weighted by molar-refractivity contribution is 5.96. The fourth-order valence-electron chi connectivity index (χ4n) is 2.72. The van der Waals surface area contributed by atoms with Gasteiger partial charge in [-0.2, -0.15) is 0 Å². The Labute approximate surface area is 136 Å². The zero-order chi connectivity index (χ0) is 16.1. The van der Waals surface area contributed by atoms with Gasteiger partial charge in [0.05, 0.1) is 6.61 Å². The molecule has 0 saturated heterocycles. The molecule has 4 nitrogen and oxygen atoms in total. The van der Waals surface area contributed by atoms with Gasteiger partial charge >= 0.3 is 0 Å². The van der Waals surface area contributed by atoms with Gasteiger partial charge in [-0.15, -0.1) is 0 Å². The number of rotatable bonds is 6. The summed E-state index contributed by atoms with van der Waals surface area (Å²) in [5, 5.41) is 0. The van der Waals surface area contributed by atoms with Crippen LogP contribution in [0, 0.1) is 0 Å². The molecule has 1 heterocycles. The lowest BCUT2D eigenvalue weighted by Gasteiger charge is -2.18. The normalized spacial score (nSPS) is 12.8. The van der Waals surface area contributed by atoms with Crippen LogP contribution in [0.2, 0.25) is 0 Å². The van der Waals surface area contributed by atoms with Gasteiger partial charge in [-0.25, -0.2) is 0 Å². The summed E-state index contributed by atoms with van der Waals surface area (Å²) in [7, 11) is 0. The van der Waals surface area contributed by atoms with Gasteiger partial charge in [0.25, 0.3) is 5.91 Å². The quantitative estimate of drug-likeness (QED) is 0.820. The first-order valence-corrected chi connectivity index (χ1v) is 8.02. The Morgan fingerprint density at radius 1 is 1.04 bits per heavy atom. The van der Waals surface area contributed by atoms with Crippen molar-refractivity contribution in [2.24, 2.45) is 0 Å². The zero-order valence-electron chi connectivity index (χ0n) is 13.3. The number of anilines is 1. The van der Waals surface area contributed by atoms with E-state index in [0.29, 0.717) is 18.1 Å². The standard InChI is InChI=1S/C19H21NO3/c1-2-13-22-17-9-5-6-10-18(17)23-14-19(21)20-12-11-15-7-3-4-8-16(15)20/h3-10H,2,11-14H2,1H3. The molecule has 0 radical (unpaired) electrons. The lowest BCUT2D eigenvalue weighted by atomic mass is 10.2. The van der Waals surface area contributed by atoms with E-state index < -0.39 is 0 Å². The number of ether oxygens (including phenoxy) is 2. The molecular weight excluding hydrogens is 290 g/mol. The van der Waals surface area contributed by atoms with Crippen LogP contribution < -0.4 is 14.4 Å². The number of benzene rings is 2. The maximum Gasteiger partial charge on any atom is 0.264 e. The van der Waals surface area contributed by atoms with Gasteiger partial charge in [0.2, 0.25) is 0 Å². The summed E-state index contributed by atoms with van der Waals surface area (Å²) >= 11 is 0. The zero-order valence-corrected chi connectivity index (χ0v) is 13.3. The molecule has 2 aromatic carbocycles. The molecule has 2 aromatic rings. The van der Waals surface area contributed by atoms with Gasteiger partial charge in [-0.05, 0) is 36.6 Å². The molecule has 0 fully saturated rings. The third kappa shape index (κ3) is 3.47. The Morgan fingerprint density at radius 3 is 2.52 bits per heavy atom. The van der Waals surface area contributed by atoms with Gasteiger partial charge in [0.15, 0.2) is 18.1 Å². The van der Waals surface area contributed by atoms with Crippen LogP contribution in [-0.4, -0.2) is 25.7 Å². The number of fused-ring (bicyclic) bond motifs is 1. The van der Waals surface area contributed by atoms with Crippen LogP contribution in [0.25, 0.3) is 0 Å². The van der Waals surface area contributed by atoms with Crippen LogP contribution in [0.3, 0.4) is 0 Å². The monoisotopic (exact) mass is 311 g/mol. The molecule has 0 spiro atoms. The molecule has 1 aliphatic heterocycles. The van der Waals surface area contributed by atoms with Crippen molar-refractivity contribution in [1.29, 1.82) is 0 Å². The van der Waals surface area contributed by atoms with E-state index in [4.69, 9.17) is 9.47 Å². The molecule has 0 bridgehead atoms. The summed E-state index contributed by atoms with van der Waals surface area (Å²) < 4.78 is 11.4. The fraction of sp³-hybridized carbons (Fsp3) is 0.316. The van der Waals surface area contributed by atoms with Crippen LogP contribution in [0.1, 0.15) is 18.9 Å². The van der Waals surface area contributed by atoms with Gasteiger partial charge in [0, 0.05) is 12.2 Å². The van der Waals surface area contributed by atoms with E-state index in [-0.39, 0.29) is 12.5 Å². The minimum atomic E-state index is -0.0276. The Morgan fingerprint density at radius 2 is 1.74 bits per heavy atom. The third-order valence-corrected chi connectivity index (χ3v) is 3.85. The second kappa shape index (κ2) is 7.18. The molecule has 0 unspecified atom stereocenters. The molecule has 0 N–H and O–H groups in total. The number of hydrogen-bond donors (Lipinski definition) is 0. The summed E-state index contributed by atoms with van der Waals surface area (Å²) in [6.45, 7) is 3.42. The van der Waals surface area contributed by atoms with E-state index in [1.165, 1.54) is 5.56 Å².